The van der Waals surface area contributed by atoms with Crippen LogP contribution in [0.25, 0.3) is 0 Å². The Labute approximate surface area is 159 Å². The molecule has 0 N–H and O–H groups in total. The summed E-state index contributed by atoms with van der Waals surface area (Å²) in [4.78, 5) is 11.3. The molecule has 1 heterocycles. The number of carbonyl (C=O) groups excluding carboxylic acids is 1. The van der Waals surface area contributed by atoms with E-state index in [4.69, 9.17) is 4.74 Å². The third-order valence-electron chi connectivity index (χ3n) is 4.01. The topological polar surface area (TPSA) is 66.2 Å². The minimum Gasteiger partial charge on any atom is -0.483 e. The zero-order chi connectivity index (χ0) is 19.3. The van der Waals surface area contributed by atoms with Gasteiger partial charge in [0.1, 0.15) is 5.75 Å². The van der Waals surface area contributed by atoms with E-state index in [-0.39, 0.29) is 23.2 Å². The molecule has 0 spiro atoms. The molecule has 0 saturated carbocycles. The van der Waals surface area contributed by atoms with Crippen LogP contribution < -0.4 is 4.74 Å². The Bertz CT molecular complexity index is 735. The molecule has 2 aromatic rings. The largest absolute Gasteiger partial charge is 0.483 e. The lowest BCUT2D eigenvalue weighted by atomic mass is 9.87. The van der Waals surface area contributed by atoms with Crippen molar-refractivity contribution in [2.75, 3.05) is 12.9 Å². The smallest absolute Gasteiger partial charge is 0.316 e. The van der Waals surface area contributed by atoms with Gasteiger partial charge in [-0.3, -0.25) is 4.79 Å². The molecule has 0 fully saturated rings. The maximum Gasteiger partial charge on any atom is 0.316 e. The molecule has 26 heavy (non-hydrogen) atoms. The quantitative estimate of drug-likeness (QED) is 0.537. The number of methoxy groups -OCH3 is 1. The molecule has 0 bridgehead atoms. The van der Waals surface area contributed by atoms with Crippen molar-refractivity contribution in [2.24, 2.45) is 0 Å². The van der Waals surface area contributed by atoms with Gasteiger partial charge in [-0.15, -0.1) is 10.2 Å². The predicted octanol–water partition coefficient (Wildman–Crippen LogP) is 4.00. The van der Waals surface area contributed by atoms with E-state index < -0.39 is 0 Å². The van der Waals surface area contributed by atoms with Crippen LogP contribution in [-0.4, -0.2) is 33.6 Å². The molecule has 1 unspecified atom stereocenters. The van der Waals surface area contributed by atoms with Crippen molar-refractivity contribution in [3.63, 3.8) is 0 Å². The highest BCUT2D eigenvalue weighted by molar-refractivity contribution is 7.99. The molecule has 1 aromatic carbocycles. The van der Waals surface area contributed by atoms with Crippen LogP contribution in [0.1, 0.15) is 52.1 Å². The summed E-state index contributed by atoms with van der Waals surface area (Å²) in [6.07, 6.45) is -0.254. The standard InChI is InChI=1S/C19H27N3O3S/c1-7-22-17(20-21-18(22)26-12-16(23)24-6)13(2)25-15-10-8-14(9-11-15)19(3,4)5/h8-11,13H,7,12H2,1-6H3. The van der Waals surface area contributed by atoms with Gasteiger partial charge in [0.25, 0.3) is 0 Å². The van der Waals surface area contributed by atoms with Gasteiger partial charge in [-0.1, -0.05) is 44.7 Å². The van der Waals surface area contributed by atoms with E-state index in [1.165, 1.54) is 24.4 Å². The maximum atomic E-state index is 11.3. The van der Waals surface area contributed by atoms with Gasteiger partial charge in [0, 0.05) is 6.54 Å². The molecule has 2 rings (SSSR count). The van der Waals surface area contributed by atoms with E-state index in [0.29, 0.717) is 11.7 Å². The number of carbonyl (C=O) groups is 1. The molecule has 7 heteroatoms. The Morgan fingerprint density at radius 2 is 1.88 bits per heavy atom. The predicted molar refractivity (Wildman–Crippen MR) is 103 cm³/mol. The van der Waals surface area contributed by atoms with Gasteiger partial charge >= 0.3 is 5.97 Å². The number of thioether (sulfide) groups is 1. The second-order valence-corrected chi connectivity index (χ2v) is 7.93. The first-order chi connectivity index (χ1) is 12.3. The van der Waals surface area contributed by atoms with Gasteiger partial charge in [0.15, 0.2) is 17.1 Å². The van der Waals surface area contributed by atoms with Crippen molar-refractivity contribution in [1.29, 1.82) is 0 Å². The number of hydrogen-bond donors (Lipinski definition) is 0. The van der Waals surface area contributed by atoms with Crippen LogP contribution in [0.2, 0.25) is 0 Å². The Hall–Kier alpha value is -2.02. The number of hydrogen-bond acceptors (Lipinski definition) is 6. The van der Waals surface area contributed by atoms with Crippen molar-refractivity contribution >= 4 is 17.7 Å². The number of rotatable bonds is 7. The summed E-state index contributed by atoms with van der Waals surface area (Å²) in [5, 5.41) is 9.14. The van der Waals surface area contributed by atoms with E-state index in [1.54, 1.807) is 0 Å². The summed E-state index contributed by atoms with van der Waals surface area (Å²) in [7, 11) is 1.37. The highest BCUT2D eigenvalue weighted by Crippen LogP contribution is 2.27. The molecule has 0 amide bonds. The minimum absolute atomic E-state index is 0.109. The number of esters is 1. The summed E-state index contributed by atoms with van der Waals surface area (Å²) in [6, 6.07) is 8.14. The summed E-state index contributed by atoms with van der Waals surface area (Å²) < 4.78 is 12.7. The first-order valence-electron chi connectivity index (χ1n) is 8.66. The Balaban J connectivity index is 2.10. The van der Waals surface area contributed by atoms with Crippen molar-refractivity contribution in [3.8, 4) is 5.75 Å². The Morgan fingerprint density at radius 1 is 1.23 bits per heavy atom. The van der Waals surface area contributed by atoms with E-state index in [2.05, 4.69) is 47.8 Å². The maximum absolute atomic E-state index is 11.3. The average molecular weight is 378 g/mol. The van der Waals surface area contributed by atoms with Crippen molar-refractivity contribution < 1.29 is 14.3 Å². The van der Waals surface area contributed by atoms with E-state index in [9.17, 15) is 4.79 Å². The lowest BCUT2D eigenvalue weighted by molar-refractivity contribution is -0.137. The molecular weight excluding hydrogens is 350 g/mol. The van der Waals surface area contributed by atoms with Crippen molar-refractivity contribution in [1.82, 2.24) is 14.8 Å². The zero-order valence-electron chi connectivity index (χ0n) is 16.3. The molecule has 0 aliphatic heterocycles. The van der Waals surface area contributed by atoms with Gasteiger partial charge in [-0.25, -0.2) is 0 Å². The number of ether oxygens (including phenoxy) is 2. The number of nitrogens with zero attached hydrogens (tertiary/aromatic N) is 3. The third-order valence-corrected chi connectivity index (χ3v) is 4.95. The first-order valence-corrected chi connectivity index (χ1v) is 9.64. The summed E-state index contributed by atoms with van der Waals surface area (Å²) in [5.74, 6) is 1.45. The van der Waals surface area contributed by atoms with Gasteiger partial charge in [-0.2, -0.15) is 0 Å². The molecule has 0 saturated heterocycles. The molecule has 1 aromatic heterocycles. The monoisotopic (exact) mass is 377 g/mol. The highest BCUT2D eigenvalue weighted by Gasteiger charge is 2.20. The van der Waals surface area contributed by atoms with Crippen molar-refractivity contribution in [3.05, 3.63) is 35.7 Å². The fraction of sp³-hybridized carbons (Fsp3) is 0.526. The Kier molecular flexibility index (Phi) is 6.69. The third kappa shape index (κ3) is 5.00. The summed E-state index contributed by atoms with van der Waals surface area (Å²) in [5.41, 5.74) is 1.37. The molecule has 142 valence electrons. The fourth-order valence-corrected chi connectivity index (χ4v) is 3.32. The lowest BCUT2D eigenvalue weighted by Crippen LogP contribution is -2.13. The molecule has 6 nitrogen and oxygen atoms in total. The van der Waals surface area contributed by atoms with Crippen LogP contribution in [-0.2, 0) is 21.5 Å². The van der Waals surface area contributed by atoms with Gasteiger partial charge in [0.05, 0.1) is 12.9 Å². The van der Waals surface area contributed by atoms with Crippen LogP contribution in [0, 0.1) is 0 Å². The molecule has 0 aliphatic rings. The molecule has 0 radical (unpaired) electrons. The highest BCUT2D eigenvalue weighted by atomic mass is 32.2. The fourth-order valence-electron chi connectivity index (χ4n) is 2.48. The van der Waals surface area contributed by atoms with Gasteiger partial charge in [-0.05, 0) is 37.0 Å². The number of benzene rings is 1. The molecular formula is C19H27N3O3S. The van der Waals surface area contributed by atoms with Gasteiger partial charge < -0.3 is 14.0 Å². The zero-order valence-corrected chi connectivity index (χ0v) is 17.1. The first kappa shape index (κ1) is 20.3. The van der Waals surface area contributed by atoms with Crippen molar-refractivity contribution in [2.45, 2.75) is 57.8 Å². The second kappa shape index (κ2) is 8.58. The van der Waals surface area contributed by atoms with Crippen LogP contribution in [0.3, 0.4) is 0 Å². The molecule has 0 aliphatic carbocycles. The summed E-state index contributed by atoms with van der Waals surface area (Å²) >= 11 is 1.31. The van der Waals surface area contributed by atoms with Gasteiger partial charge in [0.2, 0.25) is 0 Å². The SMILES string of the molecule is CCn1c(SCC(=O)OC)nnc1C(C)Oc1ccc(C(C)(C)C)cc1. The van der Waals surface area contributed by atoms with E-state index in [1.807, 2.05) is 30.5 Å². The summed E-state index contributed by atoms with van der Waals surface area (Å²) in [6.45, 7) is 11.2. The average Bonchev–Trinajstić information content (AvgIpc) is 3.02. The normalized spacial score (nSPS) is 12.7. The van der Waals surface area contributed by atoms with Crippen LogP contribution in [0.15, 0.2) is 29.4 Å². The second-order valence-electron chi connectivity index (χ2n) is 6.98. The van der Waals surface area contributed by atoms with Crippen LogP contribution >= 0.6 is 11.8 Å². The van der Waals surface area contributed by atoms with Crippen LogP contribution in [0.4, 0.5) is 0 Å². The Morgan fingerprint density at radius 3 is 2.42 bits per heavy atom. The van der Waals surface area contributed by atoms with E-state index >= 15 is 0 Å². The van der Waals surface area contributed by atoms with Crippen LogP contribution in [0.5, 0.6) is 5.75 Å². The molecule has 1 atom stereocenters. The number of aromatic nitrogens is 3. The van der Waals surface area contributed by atoms with E-state index in [0.717, 1.165) is 11.6 Å². The minimum atomic E-state index is -0.287. The lowest BCUT2D eigenvalue weighted by Gasteiger charge is -2.20.